The highest BCUT2D eigenvalue weighted by atomic mass is 32.2. The van der Waals surface area contributed by atoms with E-state index in [1.807, 2.05) is 0 Å². The highest BCUT2D eigenvalue weighted by molar-refractivity contribution is 7.86. The lowest BCUT2D eigenvalue weighted by atomic mass is 9.91. The van der Waals surface area contributed by atoms with Crippen LogP contribution in [0.15, 0.2) is 27.5 Å². The lowest BCUT2D eigenvalue weighted by Crippen LogP contribution is -2.38. The molecule has 1 N–H and O–H groups in total. The summed E-state index contributed by atoms with van der Waals surface area (Å²) in [7, 11) is -4.32. The quantitative estimate of drug-likeness (QED) is 0.542. The molecule has 182 valence electrons. The predicted molar refractivity (Wildman–Crippen MR) is 123 cm³/mol. The molecule has 9 nitrogen and oxygen atoms in total. The maximum Gasteiger partial charge on any atom is 0.275 e. The number of hydrogen-bond donors (Lipinski definition) is 1. The van der Waals surface area contributed by atoms with Crippen LogP contribution in [0.2, 0.25) is 0 Å². The normalized spacial score (nSPS) is 20.0. The fourth-order valence-electron chi connectivity index (χ4n) is 5.24. The Bertz CT molecular complexity index is 1390. The van der Waals surface area contributed by atoms with Crippen molar-refractivity contribution in [1.82, 2.24) is 19.6 Å². The Kier molecular flexibility index (Phi) is 6.03. The molecule has 0 saturated carbocycles. The van der Waals surface area contributed by atoms with Crippen LogP contribution in [-0.2, 0) is 23.1 Å². The van der Waals surface area contributed by atoms with Crippen LogP contribution in [0.3, 0.4) is 0 Å². The first-order chi connectivity index (χ1) is 16.2. The van der Waals surface area contributed by atoms with Crippen molar-refractivity contribution >= 4 is 21.1 Å². The van der Waals surface area contributed by atoms with Crippen molar-refractivity contribution in [1.29, 1.82) is 0 Å². The Morgan fingerprint density at radius 3 is 2.71 bits per heavy atom. The number of halogens is 1. The number of aromatic nitrogens is 3. The number of rotatable bonds is 5. The maximum absolute atomic E-state index is 13.4. The van der Waals surface area contributed by atoms with Gasteiger partial charge in [0.05, 0.1) is 5.69 Å². The summed E-state index contributed by atoms with van der Waals surface area (Å²) in [6.07, 6.45) is 3.05. The topological polar surface area (TPSA) is 119 Å². The zero-order valence-electron chi connectivity index (χ0n) is 18.9. The highest BCUT2D eigenvalue weighted by Crippen LogP contribution is 2.33. The molecule has 2 aliphatic rings. The van der Waals surface area contributed by atoms with Gasteiger partial charge in [0.2, 0.25) is 0 Å². The van der Waals surface area contributed by atoms with Crippen LogP contribution >= 0.6 is 0 Å². The number of likely N-dealkylation sites (tertiary alicyclic amines) is 1. The third-order valence-corrected chi connectivity index (χ3v) is 8.27. The fraction of sp³-hybridized carbons (Fsp3) is 0.522. The molecule has 34 heavy (non-hydrogen) atoms. The number of fused-ring (bicyclic) bond motifs is 2. The van der Waals surface area contributed by atoms with E-state index in [-0.39, 0.29) is 29.5 Å². The van der Waals surface area contributed by atoms with Gasteiger partial charge in [-0.2, -0.15) is 8.42 Å². The lowest BCUT2D eigenvalue weighted by Gasteiger charge is -2.31. The van der Waals surface area contributed by atoms with Gasteiger partial charge in [-0.3, -0.25) is 13.9 Å². The van der Waals surface area contributed by atoms with Gasteiger partial charge in [0, 0.05) is 41.7 Å². The largest absolute Gasteiger partial charge is 0.356 e. The lowest BCUT2D eigenvalue weighted by molar-refractivity contribution is 0.211. The molecule has 0 amide bonds. The third-order valence-electron chi connectivity index (χ3n) is 7.11. The molecule has 1 aromatic carbocycles. The maximum atomic E-state index is 13.4. The third kappa shape index (κ3) is 4.27. The van der Waals surface area contributed by atoms with Gasteiger partial charge in [0.15, 0.2) is 5.58 Å². The molecule has 0 bridgehead atoms. The first kappa shape index (κ1) is 23.1. The van der Waals surface area contributed by atoms with Crippen molar-refractivity contribution in [2.45, 2.75) is 56.7 Å². The standard InChI is InChI=1S/C23H27FN4O5S/c1-14-17(23(29)28-9-2-3-20(22(28)25-14)34(30,31)32)8-12-27-10-6-15(7-11-27)21-18-5-4-16(24)13-19(18)33-26-21/h4-5,13,15,20H,2-3,6-12H2,1H3,(H,30,31,32)/t20-/m1/s1. The second-order valence-corrected chi connectivity index (χ2v) is 10.8. The number of aryl methyl sites for hydroxylation is 1. The molecule has 1 fully saturated rings. The Morgan fingerprint density at radius 2 is 1.97 bits per heavy atom. The van der Waals surface area contributed by atoms with E-state index in [9.17, 15) is 22.2 Å². The van der Waals surface area contributed by atoms with Crippen molar-refractivity contribution in [3.8, 4) is 0 Å². The molecular formula is C23H27FN4O5S. The summed E-state index contributed by atoms with van der Waals surface area (Å²) in [6.45, 7) is 4.49. The zero-order valence-corrected chi connectivity index (χ0v) is 19.7. The molecular weight excluding hydrogens is 463 g/mol. The van der Waals surface area contributed by atoms with E-state index in [0.717, 1.165) is 37.0 Å². The average molecular weight is 491 g/mol. The van der Waals surface area contributed by atoms with Gasteiger partial charge in [-0.15, -0.1) is 0 Å². The first-order valence-corrected chi connectivity index (χ1v) is 13.1. The molecule has 2 aliphatic heterocycles. The van der Waals surface area contributed by atoms with E-state index in [1.165, 1.54) is 16.7 Å². The smallest absolute Gasteiger partial charge is 0.275 e. The Morgan fingerprint density at radius 1 is 1.21 bits per heavy atom. The molecule has 4 heterocycles. The summed E-state index contributed by atoms with van der Waals surface area (Å²) in [5.41, 5.74) is 2.22. The van der Waals surface area contributed by atoms with Gasteiger partial charge in [-0.1, -0.05) is 5.16 Å². The molecule has 5 rings (SSSR count). The van der Waals surface area contributed by atoms with Crippen molar-refractivity contribution in [3.05, 3.63) is 57.1 Å². The van der Waals surface area contributed by atoms with Crippen LogP contribution in [0.25, 0.3) is 11.0 Å². The van der Waals surface area contributed by atoms with Crippen LogP contribution in [0.1, 0.15) is 59.6 Å². The van der Waals surface area contributed by atoms with Crippen LogP contribution in [0, 0.1) is 12.7 Å². The first-order valence-electron chi connectivity index (χ1n) is 11.6. The number of nitrogens with zero attached hydrogens (tertiary/aromatic N) is 4. The van der Waals surface area contributed by atoms with E-state index in [0.29, 0.717) is 42.8 Å². The van der Waals surface area contributed by atoms with Gasteiger partial charge >= 0.3 is 0 Å². The van der Waals surface area contributed by atoms with Crippen molar-refractivity contribution in [2.75, 3.05) is 19.6 Å². The Labute approximate surface area is 196 Å². The van der Waals surface area contributed by atoms with E-state index >= 15 is 0 Å². The van der Waals surface area contributed by atoms with Gasteiger partial charge in [-0.25, -0.2) is 9.37 Å². The Balaban J connectivity index is 1.26. The van der Waals surface area contributed by atoms with Crippen LogP contribution in [0.5, 0.6) is 0 Å². The number of benzene rings is 1. The summed E-state index contributed by atoms with van der Waals surface area (Å²) >= 11 is 0. The van der Waals surface area contributed by atoms with Crippen molar-refractivity contribution in [3.63, 3.8) is 0 Å². The second-order valence-electron chi connectivity index (χ2n) is 9.21. The molecule has 0 aliphatic carbocycles. The molecule has 1 saturated heterocycles. The summed E-state index contributed by atoms with van der Waals surface area (Å²) in [4.78, 5) is 19.8. The van der Waals surface area contributed by atoms with E-state index < -0.39 is 15.4 Å². The number of piperidine rings is 1. The summed E-state index contributed by atoms with van der Waals surface area (Å²) in [5, 5.41) is 3.90. The molecule has 11 heteroatoms. The summed E-state index contributed by atoms with van der Waals surface area (Å²) < 4.78 is 53.2. The van der Waals surface area contributed by atoms with Crippen LogP contribution < -0.4 is 5.56 Å². The second kappa shape index (κ2) is 8.86. The van der Waals surface area contributed by atoms with E-state index in [2.05, 4.69) is 15.0 Å². The minimum Gasteiger partial charge on any atom is -0.356 e. The molecule has 0 radical (unpaired) electrons. The Hall–Kier alpha value is -2.63. The summed E-state index contributed by atoms with van der Waals surface area (Å²) in [5.74, 6) is 0.0278. The minimum absolute atomic E-state index is 0.139. The van der Waals surface area contributed by atoms with E-state index in [1.54, 1.807) is 13.0 Å². The predicted octanol–water partition coefficient (Wildman–Crippen LogP) is 2.98. The van der Waals surface area contributed by atoms with E-state index in [4.69, 9.17) is 4.52 Å². The SMILES string of the molecule is Cc1nc2n(c(=O)c1CCN1CCC(c3noc4cc(F)ccc34)CC1)CCC[C@H]2S(=O)(=O)O. The molecule has 3 aromatic rings. The van der Waals surface area contributed by atoms with Gasteiger partial charge < -0.3 is 9.42 Å². The molecule has 1 atom stereocenters. The van der Waals surface area contributed by atoms with Crippen molar-refractivity contribution < 1.29 is 21.9 Å². The molecule has 0 unspecified atom stereocenters. The van der Waals surface area contributed by atoms with Gasteiger partial charge in [-0.05, 0) is 64.3 Å². The van der Waals surface area contributed by atoms with Crippen molar-refractivity contribution in [2.24, 2.45) is 0 Å². The van der Waals surface area contributed by atoms with Gasteiger partial charge in [0.1, 0.15) is 16.9 Å². The van der Waals surface area contributed by atoms with Crippen LogP contribution in [0.4, 0.5) is 4.39 Å². The van der Waals surface area contributed by atoms with Crippen LogP contribution in [-0.4, -0.2) is 52.2 Å². The minimum atomic E-state index is -4.32. The van der Waals surface area contributed by atoms with Gasteiger partial charge in [0.25, 0.3) is 15.7 Å². The summed E-state index contributed by atoms with van der Waals surface area (Å²) in [6, 6.07) is 4.49. The highest BCUT2D eigenvalue weighted by Gasteiger charge is 2.34. The average Bonchev–Trinajstić information content (AvgIpc) is 3.21. The monoisotopic (exact) mass is 490 g/mol. The molecule has 0 spiro atoms. The number of hydrogen-bond acceptors (Lipinski definition) is 7. The molecule has 2 aromatic heterocycles. The zero-order chi connectivity index (χ0) is 24.0. The fourth-order valence-corrected chi connectivity index (χ4v) is 6.15.